The van der Waals surface area contributed by atoms with E-state index in [-0.39, 0.29) is 5.92 Å². The molecule has 0 spiro atoms. The lowest BCUT2D eigenvalue weighted by Gasteiger charge is -2.24. The summed E-state index contributed by atoms with van der Waals surface area (Å²) in [5, 5.41) is 0. The van der Waals surface area contributed by atoms with Gasteiger partial charge in [-0.3, -0.25) is 0 Å². The number of ether oxygens (including phenoxy) is 5. The van der Waals surface area contributed by atoms with Crippen molar-refractivity contribution < 1.29 is 23.7 Å². The molecule has 1 saturated heterocycles. The zero-order valence-electron chi connectivity index (χ0n) is 15.2. The summed E-state index contributed by atoms with van der Waals surface area (Å²) in [6.45, 7) is 1.79. The number of benzene rings is 1. The Morgan fingerprint density at radius 1 is 0.958 bits per heavy atom. The van der Waals surface area contributed by atoms with Gasteiger partial charge in [0.05, 0.1) is 40.6 Å². The van der Waals surface area contributed by atoms with Gasteiger partial charge in [0.25, 0.3) is 0 Å². The van der Waals surface area contributed by atoms with Gasteiger partial charge in [-0.15, -0.1) is 0 Å². The fraction of sp³-hybridized carbons (Fsp3) is 0.667. The van der Waals surface area contributed by atoms with Crippen LogP contribution in [0.4, 0.5) is 0 Å². The highest BCUT2D eigenvalue weighted by Gasteiger charge is 2.39. The van der Waals surface area contributed by atoms with Gasteiger partial charge in [0.15, 0.2) is 11.5 Å². The number of likely N-dealkylation sites (tertiary alicyclic amines) is 1. The van der Waals surface area contributed by atoms with Gasteiger partial charge >= 0.3 is 0 Å². The molecule has 2 aliphatic rings. The Bertz CT molecular complexity index is 604. The lowest BCUT2D eigenvalue weighted by atomic mass is 9.91. The second kappa shape index (κ2) is 6.97. The summed E-state index contributed by atoms with van der Waals surface area (Å²) in [6.07, 6.45) is 3.53. The highest BCUT2D eigenvalue weighted by atomic mass is 16.6. The Balaban J connectivity index is 2.05. The minimum atomic E-state index is 0.259. The molecule has 1 aromatic rings. The Kier molecular flexibility index (Phi) is 4.94. The van der Waals surface area contributed by atoms with E-state index in [0.717, 1.165) is 24.3 Å². The third-order valence-electron chi connectivity index (χ3n) is 5.20. The van der Waals surface area contributed by atoms with Crippen LogP contribution in [0.1, 0.15) is 30.7 Å². The molecule has 1 fully saturated rings. The van der Waals surface area contributed by atoms with Crippen LogP contribution in [0.25, 0.3) is 0 Å². The van der Waals surface area contributed by atoms with Gasteiger partial charge in [-0.1, -0.05) is 0 Å². The van der Waals surface area contributed by atoms with Crippen molar-refractivity contribution in [3.8, 4) is 28.7 Å². The Labute approximate surface area is 143 Å². The van der Waals surface area contributed by atoms with Gasteiger partial charge in [-0.05, 0) is 32.9 Å². The Morgan fingerprint density at radius 3 is 2.12 bits per heavy atom. The van der Waals surface area contributed by atoms with Crippen LogP contribution < -0.4 is 23.7 Å². The van der Waals surface area contributed by atoms with E-state index < -0.39 is 0 Å². The lowest BCUT2D eigenvalue weighted by Crippen LogP contribution is -2.27. The van der Waals surface area contributed by atoms with E-state index in [2.05, 4.69) is 11.9 Å². The molecule has 0 saturated carbocycles. The second-order valence-corrected chi connectivity index (χ2v) is 6.40. The highest BCUT2D eigenvalue weighted by molar-refractivity contribution is 5.72. The molecule has 24 heavy (non-hydrogen) atoms. The van der Waals surface area contributed by atoms with Crippen LogP contribution in [0.2, 0.25) is 0 Å². The van der Waals surface area contributed by atoms with Crippen LogP contribution in [0.5, 0.6) is 28.7 Å². The van der Waals surface area contributed by atoms with E-state index >= 15 is 0 Å². The molecule has 0 N–H and O–H groups in total. The third kappa shape index (κ3) is 2.62. The number of rotatable bonds is 6. The quantitative estimate of drug-likeness (QED) is 0.795. The molecular formula is C18H27NO5. The average Bonchev–Trinajstić information content (AvgIpc) is 3.19. The molecule has 2 aliphatic heterocycles. The highest BCUT2D eigenvalue weighted by Crippen LogP contribution is 2.58. The minimum absolute atomic E-state index is 0.259. The molecular weight excluding hydrogens is 310 g/mol. The van der Waals surface area contributed by atoms with Crippen molar-refractivity contribution in [1.82, 2.24) is 4.90 Å². The molecule has 0 radical (unpaired) electrons. The average molecular weight is 337 g/mol. The van der Waals surface area contributed by atoms with Gasteiger partial charge < -0.3 is 28.6 Å². The standard InChI is InChI=1S/C18H27NO5/c1-19-8-6-7-12(19)9-11-10-24-15-13(11)14(20-2)16(21-3)18(23-5)17(15)22-4/h11-12H,6-10H2,1-5H3/t11?,12-/m1/s1. The van der Waals surface area contributed by atoms with Crippen LogP contribution in [0.3, 0.4) is 0 Å². The van der Waals surface area contributed by atoms with Crippen molar-refractivity contribution in [1.29, 1.82) is 0 Å². The van der Waals surface area contributed by atoms with Gasteiger partial charge in [0, 0.05) is 12.0 Å². The molecule has 2 atom stereocenters. The molecule has 6 heteroatoms. The topological polar surface area (TPSA) is 49.4 Å². The SMILES string of the molecule is COc1c(OC)c(OC)c2c(c1OC)OCC2C[C@H]1CCCN1C. The number of hydrogen-bond acceptors (Lipinski definition) is 6. The van der Waals surface area contributed by atoms with E-state index in [9.17, 15) is 0 Å². The summed E-state index contributed by atoms with van der Waals surface area (Å²) >= 11 is 0. The van der Waals surface area contributed by atoms with Crippen LogP contribution >= 0.6 is 0 Å². The monoisotopic (exact) mass is 337 g/mol. The van der Waals surface area contributed by atoms with Gasteiger partial charge in [-0.25, -0.2) is 0 Å². The summed E-state index contributed by atoms with van der Waals surface area (Å²) in [5.41, 5.74) is 1.03. The zero-order chi connectivity index (χ0) is 17.3. The predicted molar refractivity (Wildman–Crippen MR) is 91.2 cm³/mol. The van der Waals surface area contributed by atoms with E-state index in [1.807, 2.05) is 0 Å². The van der Waals surface area contributed by atoms with E-state index in [1.165, 1.54) is 12.8 Å². The minimum Gasteiger partial charge on any atom is -0.492 e. The van der Waals surface area contributed by atoms with Crippen molar-refractivity contribution in [3.63, 3.8) is 0 Å². The number of nitrogens with zero attached hydrogens (tertiary/aromatic N) is 1. The normalized spacial score (nSPS) is 22.9. The number of methoxy groups -OCH3 is 4. The first-order valence-corrected chi connectivity index (χ1v) is 8.39. The molecule has 1 aromatic carbocycles. The first-order chi connectivity index (χ1) is 11.7. The zero-order valence-corrected chi connectivity index (χ0v) is 15.2. The summed E-state index contributed by atoms with van der Waals surface area (Å²) in [6, 6.07) is 0.577. The molecule has 0 bridgehead atoms. The molecule has 0 aliphatic carbocycles. The summed E-state index contributed by atoms with van der Waals surface area (Å²) < 4.78 is 28.3. The Morgan fingerprint density at radius 2 is 1.58 bits per heavy atom. The largest absolute Gasteiger partial charge is 0.492 e. The van der Waals surface area contributed by atoms with Crippen molar-refractivity contribution in [2.45, 2.75) is 31.2 Å². The first kappa shape index (κ1) is 17.0. The molecule has 2 heterocycles. The van der Waals surface area contributed by atoms with E-state index in [0.29, 0.717) is 35.6 Å². The van der Waals surface area contributed by atoms with Crippen molar-refractivity contribution >= 4 is 0 Å². The summed E-state index contributed by atoms with van der Waals surface area (Å²) in [4.78, 5) is 2.43. The molecule has 1 unspecified atom stereocenters. The maximum absolute atomic E-state index is 6.00. The first-order valence-electron chi connectivity index (χ1n) is 8.39. The van der Waals surface area contributed by atoms with E-state index in [4.69, 9.17) is 23.7 Å². The van der Waals surface area contributed by atoms with Gasteiger partial charge in [0.1, 0.15) is 0 Å². The van der Waals surface area contributed by atoms with Crippen molar-refractivity contribution in [2.75, 3.05) is 48.6 Å². The molecule has 0 aromatic heterocycles. The third-order valence-corrected chi connectivity index (χ3v) is 5.20. The van der Waals surface area contributed by atoms with Crippen LogP contribution in [-0.4, -0.2) is 59.6 Å². The molecule has 3 rings (SSSR count). The lowest BCUT2D eigenvalue weighted by molar-refractivity contribution is 0.252. The number of fused-ring (bicyclic) bond motifs is 1. The van der Waals surface area contributed by atoms with Crippen molar-refractivity contribution in [3.05, 3.63) is 5.56 Å². The fourth-order valence-electron chi connectivity index (χ4n) is 3.99. The van der Waals surface area contributed by atoms with Crippen LogP contribution in [-0.2, 0) is 0 Å². The fourth-order valence-corrected chi connectivity index (χ4v) is 3.99. The number of hydrogen-bond donors (Lipinski definition) is 0. The predicted octanol–water partition coefficient (Wildman–Crippen LogP) is 2.68. The summed E-state index contributed by atoms with van der Waals surface area (Å²) in [7, 11) is 8.67. The second-order valence-electron chi connectivity index (χ2n) is 6.40. The molecule has 0 amide bonds. The Hall–Kier alpha value is -1.82. The molecule has 134 valence electrons. The van der Waals surface area contributed by atoms with Gasteiger partial charge in [0.2, 0.25) is 17.2 Å². The van der Waals surface area contributed by atoms with Crippen molar-refractivity contribution in [2.24, 2.45) is 0 Å². The van der Waals surface area contributed by atoms with E-state index in [1.54, 1.807) is 28.4 Å². The smallest absolute Gasteiger partial charge is 0.211 e. The van der Waals surface area contributed by atoms with Crippen LogP contribution in [0, 0.1) is 0 Å². The summed E-state index contributed by atoms with van der Waals surface area (Å²) in [5.74, 6) is 3.31. The maximum Gasteiger partial charge on any atom is 0.211 e. The van der Waals surface area contributed by atoms with Crippen LogP contribution in [0.15, 0.2) is 0 Å². The molecule has 6 nitrogen and oxygen atoms in total. The maximum atomic E-state index is 6.00. The van der Waals surface area contributed by atoms with Gasteiger partial charge in [-0.2, -0.15) is 0 Å².